The summed E-state index contributed by atoms with van der Waals surface area (Å²) in [6, 6.07) is 0. The molecule has 0 aliphatic rings. The molecular formula is C8H19ClN2O2S. The Bertz CT molecular complexity index is 231. The molecule has 0 bridgehead atoms. The van der Waals surface area contributed by atoms with Gasteiger partial charge >= 0.3 is 0 Å². The maximum absolute atomic E-state index is 11.3. The highest BCUT2D eigenvalue weighted by Gasteiger charge is 2.08. The molecule has 0 aromatic carbocycles. The topological polar surface area (TPSA) is 49.4 Å². The lowest BCUT2D eigenvalue weighted by Gasteiger charge is -2.13. The van der Waals surface area contributed by atoms with Crippen LogP contribution in [0.2, 0.25) is 0 Å². The molecular weight excluding hydrogens is 224 g/mol. The number of likely N-dealkylation sites (N-methyl/N-ethyl adjacent to an activating group) is 1. The summed E-state index contributed by atoms with van der Waals surface area (Å²) < 4.78 is 25.1. The Morgan fingerprint density at radius 2 is 2.07 bits per heavy atom. The molecule has 0 atom stereocenters. The van der Waals surface area contributed by atoms with Crippen LogP contribution in [0.15, 0.2) is 0 Å². The van der Waals surface area contributed by atoms with Gasteiger partial charge in [0.05, 0.1) is 5.75 Å². The second-order valence-corrected chi connectivity index (χ2v) is 5.46. The molecule has 86 valence electrons. The largest absolute Gasteiger partial charge is 0.305 e. The minimum absolute atomic E-state index is 0.117. The predicted molar refractivity (Wildman–Crippen MR) is 60.3 cm³/mol. The minimum atomic E-state index is -3.11. The van der Waals surface area contributed by atoms with Crippen molar-refractivity contribution in [2.75, 3.05) is 38.3 Å². The molecule has 0 spiro atoms. The third kappa shape index (κ3) is 7.55. The van der Waals surface area contributed by atoms with Crippen molar-refractivity contribution >= 4 is 21.6 Å². The van der Waals surface area contributed by atoms with Crippen LogP contribution in [0, 0.1) is 0 Å². The van der Waals surface area contributed by atoms with E-state index in [-0.39, 0.29) is 5.75 Å². The highest BCUT2D eigenvalue weighted by molar-refractivity contribution is 7.89. The molecule has 0 aliphatic carbocycles. The Morgan fingerprint density at radius 1 is 1.43 bits per heavy atom. The maximum Gasteiger partial charge on any atom is 0.211 e. The molecule has 4 nitrogen and oxygen atoms in total. The van der Waals surface area contributed by atoms with Gasteiger partial charge in [0, 0.05) is 19.0 Å². The number of sulfonamides is 1. The van der Waals surface area contributed by atoms with Gasteiger partial charge in [0.15, 0.2) is 0 Å². The van der Waals surface area contributed by atoms with Crippen molar-refractivity contribution in [3.63, 3.8) is 0 Å². The zero-order chi connectivity index (χ0) is 11.0. The number of halogens is 1. The summed E-state index contributed by atoms with van der Waals surface area (Å²) in [5.41, 5.74) is 0. The molecule has 0 amide bonds. The zero-order valence-corrected chi connectivity index (χ0v) is 10.4. The molecule has 0 rings (SSSR count). The molecule has 0 aromatic rings. The Labute approximate surface area is 91.7 Å². The molecule has 0 saturated carbocycles. The fourth-order valence-electron chi connectivity index (χ4n) is 0.867. The van der Waals surface area contributed by atoms with E-state index in [0.29, 0.717) is 18.8 Å². The van der Waals surface area contributed by atoms with Gasteiger partial charge < -0.3 is 4.90 Å². The Hall–Kier alpha value is 0.160. The quantitative estimate of drug-likeness (QED) is 0.631. The molecule has 0 aromatic heterocycles. The standard InChI is InChI=1S/C8H19ClN2O2S/c1-3-11(2)7-6-10-14(12,13)8-4-5-9/h10H,3-8H2,1-2H3. The Kier molecular flexibility index (Phi) is 7.54. The van der Waals surface area contributed by atoms with Gasteiger partial charge in [0.1, 0.15) is 0 Å². The monoisotopic (exact) mass is 242 g/mol. The van der Waals surface area contributed by atoms with Crippen molar-refractivity contribution in [2.24, 2.45) is 0 Å². The van der Waals surface area contributed by atoms with Gasteiger partial charge in [-0.1, -0.05) is 6.92 Å². The number of nitrogens with one attached hydrogen (secondary N) is 1. The van der Waals surface area contributed by atoms with Crippen molar-refractivity contribution in [1.29, 1.82) is 0 Å². The van der Waals surface area contributed by atoms with Crippen LogP contribution in [-0.4, -0.2) is 51.6 Å². The molecule has 0 fully saturated rings. The van der Waals surface area contributed by atoms with E-state index in [9.17, 15) is 8.42 Å². The molecule has 0 aliphatic heterocycles. The summed E-state index contributed by atoms with van der Waals surface area (Å²) in [6.07, 6.45) is 0.501. The lowest BCUT2D eigenvalue weighted by atomic mass is 10.5. The van der Waals surface area contributed by atoms with Crippen LogP contribution in [0.5, 0.6) is 0 Å². The third-order valence-corrected chi connectivity index (χ3v) is 3.64. The molecule has 14 heavy (non-hydrogen) atoms. The number of nitrogens with zero attached hydrogens (tertiary/aromatic N) is 1. The lowest BCUT2D eigenvalue weighted by molar-refractivity contribution is 0.358. The summed E-state index contributed by atoms with van der Waals surface area (Å²) in [7, 11) is -1.16. The van der Waals surface area contributed by atoms with E-state index < -0.39 is 10.0 Å². The maximum atomic E-state index is 11.3. The number of hydrogen-bond donors (Lipinski definition) is 1. The Morgan fingerprint density at radius 3 is 2.57 bits per heavy atom. The molecule has 0 heterocycles. The van der Waals surface area contributed by atoms with Gasteiger partial charge in [-0.05, 0) is 20.0 Å². The average Bonchev–Trinajstić information content (AvgIpc) is 2.14. The summed E-state index contributed by atoms with van der Waals surface area (Å²) in [4.78, 5) is 2.05. The van der Waals surface area contributed by atoms with Gasteiger partial charge in [-0.3, -0.25) is 0 Å². The van der Waals surface area contributed by atoms with Crippen molar-refractivity contribution in [3.05, 3.63) is 0 Å². The predicted octanol–water partition coefficient (Wildman–Crippen LogP) is 0.486. The zero-order valence-electron chi connectivity index (χ0n) is 8.79. The van der Waals surface area contributed by atoms with Gasteiger partial charge in [0.2, 0.25) is 10.0 Å². The first kappa shape index (κ1) is 14.2. The second-order valence-electron chi connectivity index (χ2n) is 3.15. The van der Waals surface area contributed by atoms with E-state index in [0.717, 1.165) is 13.1 Å². The van der Waals surface area contributed by atoms with Crippen LogP contribution in [0.25, 0.3) is 0 Å². The highest BCUT2D eigenvalue weighted by Crippen LogP contribution is 1.91. The fourth-order valence-corrected chi connectivity index (χ4v) is 2.23. The third-order valence-electron chi connectivity index (χ3n) is 1.90. The van der Waals surface area contributed by atoms with Crippen LogP contribution < -0.4 is 4.72 Å². The van der Waals surface area contributed by atoms with Crippen molar-refractivity contribution in [2.45, 2.75) is 13.3 Å². The van der Waals surface area contributed by atoms with E-state index in [1.807, 2.05) is 18.9 Å². The van der Waals surface area contributed by atoms with Crippen molar-refractivity contribution < 1.29 is 8.42 Å². The van der Waals surface area contributed by atoms with Crippen LogP contribution in [-0.2, 0) is 10.0 Å². The lowest BCUT2D eigenvalue weighted by Crippen LogP contribution is -2.34. The van der Waals surface area contributed by atoms with Crippen molar-refractivity contribution in [3.8, 4) is 0 Å². The normalized spacial score (nSPS) is 12.3. The second kappa shape index (κ2) is 7.45. The van der Waals surface area contributed by atoms with E-state index in [1.165, 1.54) is 0 Å². The van der Waals surface area contributed by atoms with Gasteiger partial charge in [0.25, 0.3) is 0 Å². The molecule has 0 saturated heterocycles. The number of alkyl halides is 1. The van der Waals surface area contributed by atoms with Crippen LogP contribution in [0.1, 0.15) is 13.3 Å². The summed E-state index contributed by atoms with van der Waals surface area (Å²) in [6.45, 7) is 4.15. The molecule has 0 radical (unpaired) electrons. The summed E-state index contributed by atoms with van der Waals surface area (Å²) in [5.74, 6) is 0.502. The van der Waals surface area contributed by atoms with Gasteiger partial charge in [-0.15, -0.1) is 11.6 Å². The minimum Gasteiger partial charge on any atom is -0.305 e. The van der Waals surface area contributed by atoms with E-state index in [4.69, 9.17) is 11.6 Å². The SMILES string of the molecule is CCN(C)CCNS(=O)(=O)CCCCl. The van der Waals surface area contributed by atoms with Crippen LogP contribution in [0.4, 0.5) is 0 Å². The van der Waals surface area contributed by atoms with Crippen LogP contribution in [0.3, 0.4) is 0 Å². The molecule has 0 unspecified atom stereocenters. The van der Waals surface area contributed by atoms with E-state index in [1.54, 1.807) is 0 Å². The van der Waals surface area contributed by atoms with E-state index in [2.05, 4.69) is 4.72 Å². The van der Waals surface area contributed by atoms with Gasteiger partial charge in [-0.25, -0.2) is 13.1 Å². The highest BCUT2D eigenvalue weighted by atomic mass is 35.5. The number of rotatable bonds is 8. The Balaban J connectivity index is 3.66. The van der Waals surface area contributed by atoms with Crippen molar-refractivity contribution in [1.82, 2.24) is 9.62 Å². The van der Waals surface area contributed by atoms with Gasteiger partial charge in [-0.2, -0.15) is 0 Å². The smallest absolute Gasteiger partial charge is 0.211 e. The average molecular weight is 243 g/mol. The fraction of sp³-hybridized carbons (Fsp3) is 1.00. The summed E-state index contributed by atoms with van der Waals surface area (Å²) >= 11 is 5.41. The summed E-state index contributed by atoms with van der Waals surface area (Å²) in [5, 5.41) is 0. The number of hydrogen-bond acceptors (Lipinski definition) is 3. The molecule has 6 heteroatoms. The first-order chi connectivity index (χ1) is 6.52. The first-order valence-corrected chi connectivity index (χ1v) is 6.92. The molecule has 1 N–H and O–H groups in total. The first-order valence-electron chi connectivity index (χ1n) is 4.73. The van der Waals surface area contributed by atoms with E-state index >= 15 is 0 Å². The van der Waals surface area contributed by atoms with Crippen LogP contribution >= 0.6 is 11.6 Å².